The molecule has 1 aromatic carbocycles. The Morgan fingerprint density at radius 1 is 1.44 bits per heavy atom. The number of hydrogen-bond donors (Lipinski definition) is 1. The number of nitrogens with two attached hydrogens (primary N) is 1. The summed E-state index contributed by atoms with van der Waals surface area (Å²) in [6.45, 7) is 8.69. The molecule has 0 heterocycles. The van der Waals surface area contributed by atoms with Crippen LogP contribution in [0.3, 0.4) is 0 Å². The summed E-state index contributed by atoms with van der Waals surface area (Å²) < 4.78 is 0.987. The van der Waals surface area contributed by atoms with Gasteiger partial charge in [0, 0.05) is 17.6 Å². The van der Waals surface area contributed by atoms with Crippen LogP contribution in [0.5, 0.6) is 0 Å². The molecule has 0 spiro atoms. The Morgan fingerprint density at radius 3 is 2.61 bits per heavy atom. The van der Waals surface area contributed by atoms with Crippen molar-refractivity contribution in [1.82, 2.24) is 0 Å². The van der Waals surface area contributed by atoms with Crippen LogP contribution in [0.1, 0.15) is 26.3 Å². The van der Waals surface area contributed by atoms with Gasteiger partial charge in [0.1, 0.15) is 6.07 Å². The van der Waals surface area contributed by atoms with Crippen LogP contribution in [0.4, 0.5) is 5.69 Å². The van der Waals surface area contributed by atoms with E-state index in [0.717, 1.165) is 23.2 Å². The van der Waals surface area contributed by atoms with E-state index in [1.165, 1.54) is 0 Å². The molecular formula is C14H20BrN3. The molecule has 0 aliphatic heterocycles. The maximum atomic E-state index is 9.19. The first-order valence-corrected chi connectivity index (χ1v) is 6.87. The maximum Gasteiger partial charge on any atom is 0.101 e. The maximum absolute atomic E-state index is 9.19. The smallest absolute Gasteiger partial charge is 0.101 e. The number of hydrogen-bond acceptors (Lipinski definition) is 3. The molecule has 4 heteroatoms. The molecule has 0 aliphatic carbocycles. The van der Waals surface area contributed by atoms with Gasteiger partial charge in [0.15, 0.2) is 0 Å². The Morgan fingerprint density at radius 2 is 2.11 bits per heavy atom. The molecule has 0 saturated heterocycles. The molecule has 2 N–H and O–H groups in total. The van der Waals surface area contributed by atoms with Gasteiger partial charge >= 0.3 is 0 Å². The topological polar surface area (TPSA) is 53.0 Å². The zero-order valence-electron chi connectivity index (χ0n) is 11.2. The summed E-state index contributed by atoms with van der Waals surface area (Å²) in [6, 6.07) is 7.98. The van der Waals surface area contributed by atoms with Crippen molar-refractivity contribution in [3.8, 4) is 6.07 Å². The van der Waals surface area contributed by atoms with Crippen molar-refractivity contribution >= 4 is 21.6 Å². The molecule has 1 aromatic rings. The third kappa shape index (κ3) is 3.72. The van der Waals surface area contributed by atoms with Crippen molar-refractivity contribution in [3.05, 3.63) is 28.2 Å². The molecule has 0 unspecified atom stereocenters. The lowest BCUT2D eigenvalue weighted by atomic mass is 9.92. The summed E-state index contributed by atoms with van der Waals surface area (Å²) in [5.41, 5.74) is 7.49. The van der Waals surface area contributed by atoms with E-state index in [1.807, 2.05) is 18.2 Å². The van der Waals surface area contributed by atoms with Crippen LogP contribution in [-0.2, 0) is 0 Å². The van der Waals surface area contributed by atoms with Crippen molar-refractivity contribution in [2.75, 3.05) is 24.5 Å². The molecule has 0 bridgehead atoms. The Balaban J connectivity index is 3.09. The monoisotopic (exact) mass is 309 g/mol. The fourth-order valence-electron chi connectivity index (χ4n) is 1.81. The minimum Gasteiger partial charge on any atom is -0.370 e. The second-order valence-electron chi connectivity index (χ2n) is 5.16. The SMILES string of the molecule is CCN(CC(C)(C)CN)c1cc(Br)ccc1C#N. The molecule has 0 aliphatic rings. The Labute approximate surface area is 118 Å². The number of nitrogens with zero attached hydrogens (tertiary/aromatic N) is 2. The van der Waals surface area contributed by atoms with Gasteiger partial charge < -0.3 is 10.6 Å². The lowest BCUT2D eigenvalue weighted by Crippen LogP contribution is -2.39. The molecule has 98 valence electrons. The summed E-state index contributed by atoms with van der Waals surface area (Å²) in [5, 5.41) is 9.19. The van der Waals surface area contributed by atoms with Gasteiger partial charge in [0.25, 0.3) is 0 Å². The van der Waals surface area contributed by atoms with Crippen LogP contribution in [0.25, 0.3) is 0 Å². The van der Waals surface area contributed by atoms with Crippen LogP contribution in [0.2, 0.25) is 0 Å². The highest BCUT2D eigenvalue weighted by atomic mass is 79.9. The number of benzene rings is 1. The van der Waals surface area contributed by atoms with E-state index < -0.39 is 0 Å². The zero-order valence-corrected chi connectivity index (χ0v) is 12.8. The third-order valence-corrected chi connectivity index (χ3v) is 3.47. The highest BCUT2D eigenvalue weighted by molar-refractivity contribution is 9.10. The van der Waals surface area contributed by atoms with Crippen molar-refractivity contribution in [1.29, 1.82) is 5.26 Å². The first-order valence-electron chi connectivity index (χ1n) is 6.08. The molecule has 18 heavy (non-hydrogen) atoms. The summed E-state index contributed by atoms with van der Waals surface area (Å²) in [4.78, 5) is 2.20. The predicted octanol–water partition coefficient (Wildman–Crippen LogP) is 3.13. The minimum atomic E-state index is 0.0328. The van der Waals surface area contributed by atoms with Gasteiger partial charge in [0.2, 0.25) is 0 Å². The van der Waals surface area contributed by atoms with E-state index in [0.29, 0.717) is 12.1 Å². The van der Waals surface area contributed by atoms with Crippen LogP contribution >= 0.6 is 15.9 Å². The molecule has 0 saturated carbocycles. The predicted molar refractivity (Wildman–Crippen MR) is 79.6 cm³/mol. The van der Waals surface area contributed by atoms with E-state index in [2.05, 4.69) is 47.7 Å². The van der Waals surface area contributed by atoms with Crippen LogP contribution in [0.15, 0.2) is 22.7 Å². The second-order valence-corrected chi connectivity index (χ2v) is 6.07. The first kappa shape index (κ1) is 15.0. The largest absolute Gasteiger partial charge is 0.370 e. The van der Waals surface area contributed by atoms with Crippen molar-refractivity contribution in [2.24, 2.45) is 11.1 Å². The summed E-state index contributed by atoms with van der Waals surface area (Å²) in [7, 11) is 0. The Bertz CT molecular complexity index is 449. The van der Waals surface area contributed by atoms with Crippen molar-refractivity contribution in [3.63, 3.8) is 0 Å². The third-order valence-electron chi connectivity index (χ3n) is 2.97. The first-order chi connectivity index (χ1) is 8.43. The van der Waals surface area contributed by atoms with E-state index in [-0.39, 0.29) is 5.41 Å². The lowest BCUT2D eigenvalue weighted by molar-refractivity contribution is 0.379. The quantitative estimate of drug-likeness (QED) is 0.909. The molecule has 0 fully saturated rings. The molecule has 1 rings (SSSR count). The zero-order chi connectivity index (χ0) is 13.8. The summed E-state index contributed by atoms with van der Waals surface area (Å²) in [5.74, 6) is 0. The van der Waals surface area contributed by atoms with E-state index in [1.54, 1.807) is 0 Å². The second kappa shape index (κ2) is 6.21. The van der Waals surface area contributed by atoms with Gasteiger partial charge in [-0.2, -0.15) is 5.26 Å². The van der Waals surface area contributed by atoms with E-state index in [9.17, 15) is 5.26 Å². The standard InChI is InChI=1S/C14H20BrN3/c1-4-18(10-14(2,3)9-17)13-7-12(15)6-5-11(13)8-16/h5-7H,4,9-10,17H2,1-3H3. The van der Waals surface area contributed by atoms with Gasteiger partial charge in [-0.05, 0) is 37.1 Å². The van der Waals surface area contributed by atoms with Crippen LogP contribution in [-0.4, -0.2) is 19.6 Å². The highest BCUT2D eigenvalue weighted by Gasteiger charge is 2.21. The van der Waals surface area contributed by atoms with E-state index in [4.69, 9.17) is 5.73 Å². The Hall–Kier alpha value is -1.05. The molecule has 0 aromatic heterocycles. The minimum absolute atomic E-state index is 0.0328. The van der Waals surface area contributed by atoms with Gasteiger partial charge in [0.05, 0.1) is 11.3 Å². The number of nitriles is 1. The normalized spacial score (nSPS) is 11.1. The van der Waals surface area contributed by atoms with Crippen molar-refractivity contribution in [2.45, 2.75) is 20.8 Å². The lowest BCUT2D eigenvalue weighted by Gasteiger charge is -2.33. The van der Waals surface area contributed by atoms with E-state index >= 15 is 0 Å². The van der Waals surface area contributed by atoms with Crippen molar-refractivity contribution < 1.29 is 0 Å². The van der Waals surface area contributed by atoms with Gasteiger partial charge in [-0.3, -0.25) is 0 Å². The van der Waals surface area contributed by atoms with Gasteiger partial charge in [-0.25, -0.2) is 0 Å². The molecular weight excluding hydrogens is 290 g/mol. The molecule has 0 amide bonds. The summed E-state index contributed by atoms with van der Waals surface area (Å²) in [6.07, 6.45) is 0. The number of halogens is 1. The number of rotatable bonds is 5. The van der Waals surface area contributed by atoms with Gasteiger partial charge in [-0.1, -0.05) is 29.8 Å². The molecule has 0 atom stereocenters. The summed E-state index contributed by atoms with van der Waals surface area (Å²) >= 11 is 3.46. The fraction of sp³-hybridized carbons (Fsp3) is 0.500. The molecule has 3 nitrogen and oxygen atoms in total. The highest BCUT2D eigenvalue weighted by Crippen LogP contribution is 2.27. The van der Waals surface area contributed by atoms with Crippen LogP contribution < -0.4 is 10.6 Å². The average Bonchev–Trinajstić information content (AvgIpc) is 2.36. The molecule has 0 radical (unpaired) electrons. The number of anilines is 1. The van der Waals surface area contributed by atoms with Gasteiger partial charge in [-0.15, -0.1) is 0 Å². The Kier molecular flexibility index (Phi) is 5.18. The average molecular weight is 310 g/mol. The fourth-order valence-corrected chi connectivity index (χ4v) is 2.16. The van der Waals surface area contributed by atoms with Crippen LogP contribution in [0, 0.1) is 16.7 Å².